The van der Waals surface area contributed by atoms with Crippen LogP contribution in [0.2, 0.25) is 0 Å². The molecule has 4 atom stereocenters. The molecule has 4 nitrogen and oxygen atoms in total. The minimum atomic E-state index is -1.52. The third kappa shape index (κ3) is 4.04. The Kier molecular flexibility index (Phi) is 5.61. The van der Waals surface area contributed by atoms with Crippen molar-refractivity contribution < 1.29 is 14.6 Å². The summed E-state index contributed by atoms with van der Waals surface area (Å²) in [6, 6.07) is 18.3. The molecule has 2 aromatic rings. The summed E-state index contributed by atoms with van der Waals surface area (Å²) < 4.78 is 5.82. The van der Waals surface area contributed by atoms with Gasteiger partial charge in [0, 0.05) is 31.5 Å². The van der Waals surface area contributed by atoms with Crippen molar-refractivity contribution in [3.05, 3.63) is 71.3 Å². The summed E-state index contributed by atoms with van der Waals surface area (Å²) in [5.41, 5.74) is 1.57. The first kappa shape index (κ1) is 20.7. The number of aryl methyl sites for hydroxylation is 1. The van der Waals surface area contributed by atoms with Crippen molar-refractivity contribution >= 4 is 5.97 Å². The van der Waals surface area contributed by atoms with Gasteiger partial charge in [0.1, 0.15) is 0 Å². The molecule has 1 N–H and O–H groups in total. The minimum absolute atomic E-state index is 0.0538. The third-order valence-electron chi connectivity index (χ3n) is 7.82. The average molecular weight is 420 g/mol. The highest BCUT2D eigenvalue weighted by Gasteiger charge is 2.56. The molecule has 1 heterocycles. The van der Waals surface area contributed by atoms with Gasteiger partial charge in [0.2, 0.25) is 0 Å². The number of carbonyl (C=O) groups is 1. The van der Waals surface area contributed by atoms with Gasteiger partial charge in [-0.05, 0) is 42.7 Å². The summed E-state index contributed by atoms with van der Waals surface area (Å²) in [6.07, 6.45) is 3.89. The van der Waals surface area contributed by atoms with E-state index in [2.05, 4.69) is 35.2 Å². The molecule has 0 spiro atoms. The first-order valence-electron chi connectivity index (χ1n) is 11.8. The van der Waals surface area contributed by atoms with Gasteiger partial charge < -0.3 is 9.84 Å². The van der Waals surface area contributed by atoms with E-state index in [1.165, 1.54) is 5.56 Å². The van der Waals surface area contributed by atoms with Gasteiger partial charge >= 0.3 is 5.97 Å². The van der Waals surface area contributed by atoms with Crippen LogP contribution in [-0.4, -0.2) is 35.7 Å². The zero-order chi connectivity index (χ0) is 21.4. The van der Waals surface area contributed by atoms with Crippen LogP contribution in [0.15, 0.2) is 54.6 Å². The van der Waals surface area contributed by atoms with Crippen molar-refractivity contribution in [1.82, 2.24) is 4.90 Å². The van der Waals surface area contributed by atoms with E-state index in [-0.39, 0.29) is 5.92 Å². The molecule has 0 bridgehead atoms. The molecule has 1 aliphatic heterocycles. The minimum Gasteiger partial charge on any atom is -0.463 e. The van der Waals surface area contributed by atoms with E-state index < -0.39 is 11.6 Å². The molecule has 2 saturated carbocycles. The average Bonchev–Trinajstić information content (AvgIpc) is 3.17. The second-order valence-electron chi connectivity index (χ2n) is 9.89. The molecule has 0 radical (unpaired) electrons. The van der Waals surface area contributed by atoms with Crippen LogP contribution in [0.25, 0.3) is 0 Å². The second-order valence-corrected chi connectivity index (χ2v) is 9.89. The number of likely N-dealkylation sites (tertiary alicyclic amines) is 1. The van der Waals surface area contributed by atoms with E-state index in [4.69, 9.17) is 4.74 Å². The van der Waals surface area contributed by atoms with E-state index in [0.29, 0.717) is 29.9 Å². The lowest BCUT2D eigenvalue weighted by Crippen LogP contribution is -2.44. The van der Waals surface area contributed by atoms with Gasteiger partial charge in [-0.15, -0.1) is 0 Å². The number of hydrogen-bond acceptors (Lipinski definition) is 4. The zero-order valence-corrected chi connectivity index (χ0v) is 18.4. The number of benzene rings is 2. The van der Waals surface area contributed by atoms with Crippen LogP contribution in [0.3, 0.4) is 0 Å². The summed E-state index contributed by atoms with van der Waals surface area (Å²) >= 11 is 0. The van der Waals surface area contributed by atoms with E-state index in [9.17, 15) is 9.90 Å². The molecule has 3 fully saturated rings. The largest absolute Gasteiger partial charge is 0.463 e. The van der Waals surface area contributed by atoms with Crippen LogP contribution in [0.1, 0.15) is 42.4 Å². The highest BCUT2D eigenvalue weighted by atomic mass is 16.6. The van der Waals surface area contributed by atoms with Crippen LogP contribution >= 0.6 is 0 Å². The number of nitrogens with zero attached hydrogens (tertiary/aromatic N) is 1. The fraction of sp³-hybridized carbons (Fsp3) is 0.519. The fourth-order valence-corrected chi connectivity index (χ4v) is 5.98. The number of fused-ring (bicyclic) bond motifs is 1. The van der Waals surface area contributed by atoms with Crippen LogP contribution < -0.4 is 0 Å². The molecule has 2 aromatic carbocycles. The predicted molar refractivity (Wildman–Crippen MR) is 120 cm³/mol. The van der Waals surface area contributed by atoms with Crippen LogP contribution in [0, 0.1) is 30.6 Å². The van der Waals surface area contributed by atoms with Crippen molar-refractivity contribution in [1.29, 1.82) is 0 Å². The summed E-state index contributed by atoms with van der Waals surface area (Å²) in [5, 5.41) is 11.6. The van der Waals surface area contributed by atoms with Crippen LogP contribution in [0.4, 0.5) is 0 Å². The Labute approximate surface area is 185 Å². The van der Waals surface area contributed by atoms with Crippen molar-refractivity contribution in [3.63, 3.8) is 0 Å². The Morgan fingerprint density at radius 3 is 2.45 bits per heavy atom. The molecular formula is C27H33NO3. The van der Waals surface area contributed by atoms with E-state index >= 15 is 0 Å². The van der Waals surface area contributed by atoms with Crippen molar-refractivity contribution in [2.24, 2.45) is 23.7 Å². The maximum atomic E-state index is 13.2. The van der Waals surface area contributed by atoms with Gasteiger partial charge in [-0.3, -0.25) is 4.90 Å². The summed E-state index contributed by atoms with van der Waals surface area (Å²) in [5.74, 6) is 1.18. The summed E-state index contributed by atoms with van der Waals surface area (Å²) in [6.45, 7) is 5.58. The molecule has 2 aliphatic carbocycles. The summed E-state index contributed by atoms with van der Waals surface area (Å²) in [7, 11) is 0. The number of aliphatic hydroxyl groups is 1. The zero-order valence-electron chi connectivity index (χ0n) is 18.4. The van der Waals surface area contributed by atoms with Crippen molar-refractivity contribution in [3.8, 4) is 0 Å². The van der Waals surface area contributed by atoms with Gasteiger partial charge in [0.05, 0.1) is 6.61 Å². The molecule has 5 rings (SSSR count). The van der Waals surface area contributed by atoms with Gasteiger partial charge in [0.15, 0.2) is 5.60 Å². The molecule has 31 heavy (non-hydrogen) atoms. The number of piperidine rings is 1. The maximum Gasteiger partial charge on any atom is 0.343 e. The lowest BCUT2D eigenvalue weighted by Gasteiger charge is -2.32. The first-order valence-corrected chi connectivity index (χ1v) is 11.8. The summed E-state index contributed by atoms with van der Waals surface area (Å²) in [4.78, 5) is 15.7. The Bertz CT molecular complexity index is 911. The standard InChI is InChI=1S/C27H33NO3/c1-19-8-7-13-22(14-19)27(30,21-11-5-6-12-21)26(29)31-18-25-23-16-28(17-24(23)25)15-20-9-3-2-4-10-20/h2-4,7-10,13-14,21,23-25,30H,5-6,11-12,15-18H2,1H3/t23-,24?,25?,27?/m0/s1. The monoisotopic (exact) mass is 419 g/mol. The number of carbonyl (C=O) groups excluding carboxylic acids is 1. The van der Waals surface area contributed by atoms with Crippen LogP contribution in [0.5, 0.6) is 0 Å². The molecule has 164 valence electrons. The first-order chi connectivity index (χ1) is 15.1. The van der Waals surface area contributed by atoms with Crippen molar-refractivity contribution in [2.45, 2.75) is 44.8 Å². The topological polar surface area (TPSA) is 49.8 Å². The Hall–Kier alpha value is -2.17. The van der Waals surface area contributed by atoms with Crippen LogP contribution in [-0.2, 0) is 21.7 Å². The van der Waals surface area contributed by atoms with Gasteiger partial charge in [-0.1, -0.05) is 73.0 Å². The van der Waals surface area contributed by atoms with Gasteiger partial charge in [0.25, 0.3) is 0 Å². The molecule has 0 aromatic heterocycles. The van der Waals surface area contributed by atoms with E-state index in [0.717, 1.165) is 50.9 Å². The van der Waals surface area contributed by atoms with E-state index in [1.54, 1.807) is 0 Å². The normalized spacial score (nSPS) is 27.6. The van der Waals surface area contributed by atoms with E-state index in [1.807, 2.05) is 31.2 Å². The smallest absolute Gasteiger partial charge is 0.343 e. The lowest BCUT2D eigenvalue weighted by atomic mass is 9.79. The number of hydrogen-bond donors (Lipinski definition) is 1. The number of esters is 1. The lowest BCUT2D eigenvalue weighted by molar-refractivity contribution is -0.174. The Balaban J connectivity index is 1.19. The molecular weight excluding hydrogens is 386 g/mol. The Morgan fingerprint density at radius 1 is 1.06 bits per heavy atom. The number of rotatable bonds is 7. The highest BCUT2D eigenvalue weighted by molar-refractivity contribution is 5.81. The molecule has 0 amide bonds. The van der Waals surface area contributed by atoms with Gasteiger partial charge in [-0.25, -0.2) is 4.79 Å². The highest BCUT2D eigenvalue weighted by Crippen LogP contribution is 2.52. The SMILES string of the molecule is Cc1cccc(C(O)(C(=O)OCC2C3CN(Cc4ccccc4)C[C@H]23)C2CCCC2)c1. The molecule has 1 saturated heterocycles. The van der Waals surface area contributed by atoms with Crippen molar-refractivity contribution in [2.75, 3.05) is 19.7 Å². The molecule has 3 unspecified atom stereocenters. The molecule has 3 aliphatic rings. The second kappa shape index (κ2) is 8.40. The quantitative estimate of drug-likeness (QED) is 0.680. The third-order valence-corrected chi connectivity index (χ3v) is 7.82. The number of ether oxygens (including phenoxy) is 1. The molecule has 4 heteroatoms. The maximum absolute atomic E-state index is 13.2. The van der Waals surface area contributed by atoms with Gasteiger partial charge in [-0.2, -0.15) is 0 Å². The predicted octanol–water partition coefficient (Wildman–Crippen LogP) is 4.29. The fourth-order valence-electron chi connectivity index (χ4n) is 5.98. The Morgan fingerprint density at radius 2 is 1.77 bits per heavy atom.